The van der Waals surface area contributed by atoms with E-state index in [0.717, 1.165) is 22.6 Å². The molecule has 31 heavy (non-hydrogen) atoms. The number of fused-ring (bicyclic) bond motifs is 7. The van der Waals surface area contributed by atoms with Crippen LogP contribution in [0.2, 0.25) is 0 Å². The lowest BCUT2D eigenvalue weighted by Gasteiger charge is -2.35. The number of hydrogen-bond acceptors (Lipinski definition) is 2. The van der Waals surface area contributed by atoms with Crippen LogP contribution in [0.1, 0.15) is 11.1 Å². The van der Waals surface area contributed by atoms with Gasteiger partial charge in [-0.3, -0.25) is 0 Å². The van der Waals surface area contributed by atoms with E-state index in [4.69, 9.17) is 9.47 Å². The van der Waals surface area contributed by atoms with Crippen LogP contribution < -0.4 is 9.47 Å². The van der Waals surface area contributed by atoms with Gasteiger partial charge in [-0.15, -0.1) is 0 Å². The van der Waals surface area contributed by atoms with Gasteiger partial charge in [-0.1, -0.05) is 60.7 Å². The zero-order valence-electron chi connectivity index (χ0n) is 16.7. The third-order valence-electron chi connectivity index (χ3n) is 6.32. The van der Waals surface area contributed by atoms with Crippen molar-refractivity contribution in [3.05, 3.63) is 108 Å². The molecule has 2 heteroatoms. The van der Waals surface area contributed by atoms with Gasteiger partial charge in [-0.05, 0) is 68.7 Å². The Bertz CT molecular complexity index is 1590. The van der Waals surface area contributed by atoms with Crippen LogP contribution in [0.5, 0.6) is 11.5 Å². The molecule has 1 atom stereocenters. The minimum absolute atomic E-state index is 0.833. The molecule has 0 N–H and O–H groups in total. The summed E-state index contributed by atoms with van der Waals surface area (Å²) >= 11 is 0. The molecule has 0 amide bonds. The largest absolute Gasteiger partial charge is 0.445 e. The predicted molar refractivity (Wildman–Crippen MR) is 127 cm³/mol. The van der Waals surface area contributed by atoms with Crippen molar-refractivity contribution < 1.29 is 9.47 Å². The van der Waals surface area contributed by atoms with Gasteiger partial charge in [0.25, 0.3) is 5.79 Å². The second-order valence-corrected chi connectivity index (χ2v) is 8.19. The van der Waals surface area contributed by atoms with Crippen LogP contribution in [0.4, 0.5) is 0 Å². The summed E-state index contributed by atoms with van der Waals surface area (Å²) in [7, 11) is 0. The SMILES string of the molecule is C1=CC2(C=Cc3c(ccc4cc5ccccc5cc34)O2)Oc2ccc3ccccc3c21. The summed E-state index contributed by atoms with van der Waals surface area (Å²) in [5.74, 6) is 0.743. The maximum Gasteiger partial charge on any atom is 0.291 e. The molecular formula is C29H18O2. The van der Waals surface area contributed by atoms with Crippen LogP contribution in [-0.4, -0.2) is 5.79 Å². The van der Waals surface area contributed by atoms with Crippen LogP contribution in [-0.2, 0) is 0 Å². The van der Waals surface area contributed by atoms with Crippen molar-refractivity contribution in [2.24, 2.45) is 0 Å². The van der Waals surface area contributed by atoms with E-state index in [1.54, 1.807) is 0 Å². The summed E-state index contributed by atoms with van der Waals surface area (Å²) in [6.45, 7) is 0. The fourth-order valence-electron chi connectivity index (χ4n) is 4.77. The van der Waals surface area contributed by atoms with Crippen LogP contribution in [0.15, 0.2) is 97.1 Å². The quantitative estimate of drug-likeness (QED) is 0.254. The lowest BCUT2D eigenvalue weighted by Crippen LogP contribution is -2.41. The van der Waals surface area contributed by atoms with E-state index in [9.17, 15) is 0 Å². The van der Waals surface area contributed by atoms with Gasteiger partial charge in [-0.2, -0.15) is 0 Å². The molecule has 0 saturated carbocycles. The average molecular weight is 398 g/mol. The molecule has 0 radical (unpaired) electrons. The molecule has 1 spiro atoms. The van der Waals surface area contributed by atoms with Crippen molar-refractivity contribution in [3.8, 4) is 11.5 Å². The van der Waals surface area contributed by atoms with E-state index in [2.05, 4.69) is 84.9 Å². The van der Waals surface area contributed by atoms with E-state index >= 15 is 0 Å². The third kappa shape index (κ3) is 2.45. The van der Waals surface area contributed by atoms with Crippen LogP contribution in [0.3, 0.4) is 0 Å². The molecule has 146 valence electrons. The Labute approximate surface area is 179 Å². The maximum absolute atomic E-state index is 6.45. The lowest BCUT2D eigenvalue weighted by atomic mass is 9.95. The number of ether oxygens (including phenoxy) is 2. The standard InChI is InChI=1S/C29H18O2/c1-2-7-21-18-26-22(17-20(21)6-1)10-12-28-25(26)14-16-29(31-28)15-13-24-23-8-4-3-5-19(23)9-11-27(24)30-29/h1-18H. The molecule has 7 rings (SSSR count). The highest BCUT2D eigenvalue weighted by molar-refractivity contribution is 6.03. The van der Waals surface area contributed by atoms with E-state index in [1.807, 2.05) is 24.3 Å². The first-order chi connectivity index (χ1) is 15.3. The topological polar surface area (TPSA) is 18.5 Å². The first kappa shape index (κ1) is 16.7. The minimum Gasteiger partial charge on any atom is -0.445 e. The van der Waals surface area contributed by atoms with Crippen LogP contribution >= 0.6 is 0 Å². The summed E-state index contributed by atoms with van der Waals surface area (Å²) in [5, 5.41) is 7.26. The Balaban J connectivity index is 1.35. The summed E-state index contributed by atoms with van der Waals surface area (Å²) in [6, 6.07) is 29.6. The zero-order chi connectivity index (χ0) is 20.4. The van der Waals surface area contributed by atoms with Crippen LogP contribution in [0, 0.1) is 0 Å². The first-order valence-corrected chi connectivity index (χ1v) is 10.5. The fourth-order valence-corrected chi connectivity index (χ4v) is 4.77. The van der Waals surface area contributed by atoms with E-state index in [1.165, 1.54) is 32.3 Å². The minimum atomic E-state index is -0.924. The molecular weight excluding hydrogens is 380 g/mol. The first-order valence-electron chi connectivity index (χ1n) is 10.5. The number of benzene rings is 5. The molecule has 2 aliphatic rings. The molecule has 0 aromatic heterocycles. The number of rotatable bonds is 0. The smallest absolute Gasteiger partial charge is 0.291 e. The molecule has 2 heterocycles. The van der Waals surface area contributed by atoms with Crippen molar-refractivity contribution in [2.75, 3.05) is 0 Å². The molecule has 0 fully saturated rings. The molecule has 0 saturated heterocycles. The Morgan fingerprint density at radius 1 is 0.484 bits per heavy atom. The Hall–Kier alpha value is -4.04. The Morgan fingerprint density at radius 2 is 1.06 bits per heavy atom. The Kier molecular flexibility index (Phi) is 3.23. The summed E-state index contributed by atoms with van der Waals surface area (Å²) in [4.78, 5) is 0. The van der Waals surface area contributed by atoms with E-state index in [-0.39, 0.29) is 0 Å². The molecule has 2 nitrogen and oxygen atoms in total. The van der Waals surface area contributed by atoms with Crippen LogP contribution in [0.25, 0.3) is 44.5 Å². The fraction of sp³-hybridized carbons (Fsp3) is 0.0345. The molecule has 5 aromatic carbocycles. The predicted octanol–water partition coefficient (Wildman–Crippen LogP) is 7.35. The van der Waals surface area contributed by atoms with Gasteiger partial charge in [0.2, 0.25) is 0 Å². The summed E-state index contributed by atoms with van der Waals surface area (Å²) < 4.78 is 12.9. The van der Waals surface area contributed by atoms with Gasteiger partial charge < -0.3 is 9.47 Å². The summed E-state index contributed by atoms with van der Waals surface area (Å²) in [6.07, 6.45) is 8.27. The number of hydrogen-bond donors (Lipinski definition) is 0. The molecule has 0 bridgehead atoms. The van der Waals surface area contributed by atoms with E-state index in [0.29, 0.717) is 0 Å². The normalized spacial score (nSPS) is 18.7. The molecule has 1 unspecified atom stereocenters. The highest BCUT2D eigenvalue weighted by atomic mass is 16.7. The van der Waals surface area contributed by atoms with E-state index < -0.39 is 5.79 Å². The second-order valence-electron chi connectivity index (χ2n) is 8.19. The highest BCUT2D eigenvalue weighted by Gasteiger charge is 2.36. The van der Waals surface area contributed by atoms with Crippen molar-refractivity contribution in [2.45, 2.75) is 5.79 Å². The zero-order valence-corrected chi connectivity index (χ0v) is 16.7. The average Bonchev–Trinajstić information content (AvgIpc) is 2.82. The van der Waals surface area contributed by atoms with Gasteiger partial charge in [0.15, 0.2) is 0 Å². The summed E-state index contributed by atoms with van der Waals surface area (Å²) in [5.41, 5.74) is 2.19. The van der Waals surface area contributed by atoms with Crippen molar-refractivity contribution >= 4 is 44.5 Å². The van der Waals surface area contributed by atoms with Gasteiger partial charge in [0.05, 0.1) is 0 Å². The molecule has 5 aromatic rings. The van der Waals surface area contributed by atoms with Crippen molar-refractivity contribution in [1.29, 1.82) is 0 Å². The maximum atomic E-state index is 6.45. The van der Waals surface area contributed by atoms with Crippen molar-refractivity contribution in [3.63, 3.8) is 0 Å². The van der Waals surface area contributed by atoms with Gasteiger partial charge >= 0.3 is 0 Å². The van der Waals surface area contributed by atoms with Gasteiger partial charge in [0, 0.05) is 23.3 Å². The lowest BCUT2D eigenvalue weighted by molar-refractivity contribution is -0.0304. The van der Waals surface area contributed by atoms with Crippen molar-refractivity contribution in [1.82, 2.24) is 0 Å². The van der Waals surface area contributed by atoms with Gasteiger partial charge in [-0.25, -0.2) is 0 Å². The second kappa shape index (κ2) is 5.99. The Morgan fingerprint density at radius 3 is 1.81 bits per heavy atom. The highest BCUT2D eigenvalue weighted by Crippen LogP contribution is 2.42. The van der Waals surface area contributed by atoms with Gasteiger partial charge in [0.1, 0.15) is 11.5 Å². The monoisotopic (exact) mass is 398 g/mol. The molecule has 2 aliphatic heterocycles. The third-order valence-corrected chi connectivity index (χ3v) is 6.32. The molecule has 0 aliphatic carbocycles.